The summed E-state index contributed by atoms with van der Waals surface area (Å²) in [6.07, 6.45) is 6.97. The number of anilines is 1. The Labute approximate surface area is 87.8 Å². The van der Waals surface area contributed by atoms with Crippen molar-refractivity contribution in [1.82, 2.24) is 9.97 Å². The molecule has 1 amide bonds. The van der Waals surface area contributed by atoms with Gasteiger partial charge in [0.15, 0.2) is 6.33 Å². The van der Waals surface area contributed by atoms with Crippen LogP contribution in [0.4, 0.5) is 10.6 Å². The number of carboxylic acid groups (broad SMARTS) is 1. The molecule has 1 heterocycles. The Morgan fingerprint density at radius 3 is 2.80 bits per heavy atom. The van der Waals surface area contributed by atoms with E-state index in [9.17, 15) is 4.79 Å². The van der Waals surface area contributed by atoms with Crippen molar-refractivity contribution in [2.45, 2.75) is 31.7 Å². The fraction of sp³-hybridized carbons (Fsp3) is 0.500. The molecule has 1 fully saturated rings. The molecular weight excluding hydrogens is 194 g/mol. The Balaban J connectivity index is 2.23. The van der Waals surface area contributed by atoms with Crippen LogP contribution in [0.5, 0.6) is 0 Å². The highest BCUT2D eigenvalue weighted by Gasteiger charge is 2.28. The van der Waals surface area contributed by atoms with Crippen LogP contribution in [0.3, 0.4) is 0 Å². The van der Waals surface area contributed by atoms with Gasteiger partial charge in [-0.2, -0.15) is 0 Å². The Morgan fingerprint density at radius 1 is 1.53 bits per heavy atom. The summed E-state index contributed by atoms with van der Waals surface area (Å²) in [7, 11) is 0. The van der Waals surface area contributed by atoms with Gasteiger partial charge >= 0.3 is 6.09 Å². The molecule has 0 bridgehead atoms. The second-order valence-corrected chi connectivity index (χ2v) is 3.61. The summed E-state index contributed by atoms with van der Waals surface area (Å²) in [6.45, 7) is 0. The predicted molar refractivity (Wildman–Crippen MR) is 53.6 cm³/mol. The number of carbonyl (C=O) groups is 1. The summed E-state index contributed by atoms with van der Waals surface area (Å²) in [5, 5.41) is 9.14. The first-order chi connectivity index (χ1) is 7.29. The number of hydrogen-bond donors (Lipinski definition) is 1. The average molecular weight is 206 g/mol. The third kappa shape index (κ3) is 2.06. The molecule has 15 heavy (non-hydrogen) atoms. The van der Waals surface area contributed by atoms with Gasteiger partial charge in [0, 0.05) is 12.2 Å². The molecule has 0 aliphatic heterocycles. The molecule has 5 heteroatoms. The maximum atomic E-state index is 11.1. The lowest BCUT2D eigenvalue weighted by atomic mass is 10.2. The van der Waals surface area contributed by atoms with E-state index in [1.54, 1.807) is 6.07 Å². The van der Waals surface area contributed by atoms with E-state index in [0.717, 1.165) is 25.7 Å². The van der Waals surface area contributed by atoms with Gasteiger partial charge in [0.2, 0.25) is 0 Å². The third-order valence-electron chi connectivity index (χ3n) is 2.66. The van der Waals surface area contributed by atoms with Crippen molar-refractivity contribution >= 4 is 11.9 Å². The van der Waals surface area contributed by atoms with Crippen LogP contribution in [-0.4, -0.2) is 27.2 Å². The zero-order chi connectivity index (χ0) is 10.7. The van der Waals surface area contributed by atoms with Gasteiger partial charge in [-0.3, -0.25) is 4.90 Å². The maximum Gasteiger partial charge on any atom is 0.413 e. The van der Waals surface area contributed by atoms with E-state index < -0.39 is 6.09 Å². The molecule has 79 valence electrons. The molecule has 1 saturated carbocycles. The minimum atomic E-state index is -0.950. The molecule has 5 nitrogen and oxygen atoms in total. The van der Waals surface area contributed by atoms with Crippen LogP contribution < -0.4 is 4.90 Å². The summed E-state index contributed by atoms with van der Waals surface area (Å²) in [5.74, 6) is 0.421. The molecule has 1 radical (unpaired) electrons. The number of amides is 1. The van der Waals surface area contributed by atoms with E-state index in [2.05, 4.69) is 16.3 Å². The largest absolute Gasteiger partial charge is 0.465 e. The highest BCUT2D eigenvalue weighted by molar-refractivity contribution is 5.85. The molecule has 1 aromatic heterocycles. The highest BCUT2D eigenvalue weighted by atomic mass is 16.4. The Hall–Kier alpha value is -1.65. The maximum absolute atomic E-state index is 11.1. The minimum Gasteiger partial charge on any atom is -0.465 e. The van der Waals surface area contributed by atoms with Gasteiger partial charge in [-0.25, -0.2) is 14.8 Å². The minimum absolute atomic E-state index is 0.0609. The lowest BCUT2D eigenvalue weighted by Crippen LogP contribution is -2.38. The summed E-state index contributed by atoms with van der Waals surface area (Å²) in [4.78, 5) is 20.0. The summed E-state index contributed by atoms with van der Waals surface area (Å²) < 4.78 is 0. The second-order valence-electron chi connectivity index (χ2n) is 3.61. The quantitative estimate of drug-likeness (QED) is 0.799. The lowest BCUT2D eigenvalue weighted by molar-refractivity contribution is 0.198. The first-order valence-electron chi connectivity index (χ1n) is 5.00. The number of rotatable bonds is 2. The molecule has 0 atom stereocenters. The van der Waals surface area contributed by atoms with Gasteiger partial charge < -0.3 is 5.11 Å². The van der Waals surface area contributed by atoms with E-state index in [-0.39, 0.29) is 6.04 Å². The third-order valence-corrected chi connectivity index (χ3v) is 2.66. The molecule has 0 spiro atoms. The summed E-state index contributed by atoms with van der Waals surface area (Å²) >= 11 is 0. The van der Waals surface area contributed by atoms with Crippen LogP contribution in [-0.2, 0) is 0 Å². The first kappa shape index (κ1) is 9.89. The topological polar surface area (TPSA) is 66.3 Å². The fourth-order valence-electron chi connectivity index (χ4n) is 1.99. The zero-order valence-corrected chi connectivity index (χ0v) is 8.26. The first-order valence-corrected chi connectivity index (χ1v) is 5.00. The molecular formula is C10H12N3O2. The Bertz CT molecular complexity index is 336. The van der Waals surface area contributed by atoms with Crippen molar-refractivity contribution in [2.24, 2.45) is 0 Å². The molecule has 0 unspecified atom stereocenters. The summed E-state index contributed by atoms with van der Waals surface area (Å²) in [6, 6.07) is 1.66. The van der Waals surface area contributed by atoms with Crippen molar-refractivity contribution in [3.8, 4) is 0 Å². The molecule has 2 rings (SSSR count). The van der Waals surface area contributed by atoms with Gasteiger partial charge in [0.25, 0.3) is 0 Å². The van der Waals surface area contributed by atoms with Crippen molar-refractivity contribution < 1.29 is 9.90 Å². The average Bonchev–Trinajstić information content (AvgIpc) is 2.72. The second kappa shape index (κ2) is 4.25. The van der Waals surface area contributed by atoms with E-state index in [4.69, 9.17) is 5.11 Å². The van der Waals surface area contributed by atoms with E-state index in [1.165, 1.54) is 11.1 Å². The van der Waals surface area contributed by atoms with Crippen LogP contribution in [0.1, 0.15) is 25.7 Å². The van der Waals surface area contributed by atoms with Crippen LogP contribution >= 0.6 is 0 Å². The number of aromatic nitrogens is 2. The molecule has 1 aliphatic carbocycles. The van der Waals surface area contributed by atoms with Crippen molar-refractivity contribution in [3.63, 3.8) is 0 Å². The fourth-order valence-corrected chi connectivity index (χ4v) is 1.99. The van der Waals surface area contributed by atoms with Crippen molar-refractivity contribution in [2.75, 3.05) is 4.90 Å². The van der Waals surface area contributed by atoms with Gasteiger partial charge in [0.05, 0.1) is 0 Å². The molecule has 0 aromatic carbocycles. The van der Waals surface area contributed by atoms with Crippen molar-refractivity contribution in [1.29, 1.82) is 0 Å². The number of hydrogen-bond acceptors (Lipinski definition) is 3. The Kier molecular flexibility index (Phi) is 2.80. The SMILES string of the molecule is O=C(O)N(c1ccn[c]n1)C1CCCC1. The predicted octanol–water partition coefficient (Wildman–Crippen LogP) is 1.70. The Morgan fingerprint density at radius 2 is 2.27 bits per heavy atom. The van der Waals surface area contributed by atoms with Gasteiger partial charge in [0.1, 0.15) is 5.82 Å². The molecule has 1 aromatic rings. The molecule has 1 N–H and O–H groups in total. The van der Waals surface area contributed by atoms with E-state index >= 15 is 0 Å². The van der Waals surface area contributed by atoms with E-state index in [1.807, 2.05) is 0 Å². The summed E-state index contributed by atoms with van der Waals surface area (Å²) in [5.41, 5.74) is 0. The van der Waals surface area contributed by atoms with Gasteiger partial charge in [-0.15, -0.1) is 0 Å². The van der Waals surface area contributed by atoms with Crippen LogP contribution in [0.15, 0.2) is 12.3 Å². The monoisotopic (exact) mass is 206 g/mol. The smallest absolute Gasteiger partial charge is 0.413 e. The van der Waals surface area contributed by atoms with Crippen LogP contribution in [0, 0.1) is 6.33 Å². The van der Waals surface area contributed by atoms with Crippen LogP contribution in [0.2, 0.25) is 0 Å². The molecule has 1 aliphatic rings. The van der Waals surface area contributed by atoms with Crippen molar-refractivity contribution in [3.05, 3.63) is 18.6 Å². The zero-order valence-electron chi connectivity index (χ0n) is 8.26. The van der Waals surface area contributed by atoms with Gasteiger partial charge in [-0.05, 0) is 18.9 Å². The highest BCUT2D eigenvalue weighted by Crippen LogP contribution is 2.26. The van der Waals surface area contributed by atoms with Crippen LogP contribution in [0.25, 0.3) is 0 Å². The lowest BCUT2D eigenvalue weighted by Gasteiger charge is -2.24. The standard InChI is InChI=1S/C10H12N3O2/c14-10(15)13(8-3-1-2-4-8)9-5-6-11-7-12-9/h5-6,8H,1-4H2,(H,14,15). The van der Waals surface area contributed by atoms with E-state index in [0.29, 0.717) is 5.82 Å². The molecule has 0 saturated heterocycles. The number of nitrogens with zero attached hydrogens (tertiary/aromatic N) is 3. The van der Waals surface area contributed by atoms with Gasteiger partial charge in [-0.1, -0.05) is 12.8 Å². The normalized spacial score (nSPS) is 16.5.